The van der Waals surface area contributed by atoms with E-state index in [1.54, 1.807) is 6.07 Å². The third kappa shape index (κ3) is 24.5. The molecule has 0 bridgehead atoms. The topological polar surface area (TPSA) is 369 Å². The van der Waals surface area contributed by atoms with Gasteiger partial charge in [-0.2, -0.15) is 41.2 Å². The van der Waals surface area contributed by atoms with Crippen molar-refractivity contribution in [2.45, 2.75) is 144 Å². The molecule has 3 unspecified atom stereocenters. The van der Waals surface area contributed by atoms with Crippen molar-refractivity contribution in [2.24, 2.45) is 0 Å². The molecule has 5 atom stereocenters. The molecule has 560 valence electrons. The Labute approximate surface area is 602 Å². The van der Waals surface area contributed by atoms with Gasteiger partial charge in [0.25, 0.3) is 20.2 Å². The first kappa shape index (κ1) is 80.5. The summed E-state index contributed by atoms with van der Waals surface area (Å²) in [5.74, 6) is -0.301. The lowest BCUT2D eigenvalue weighted by molar-refractivity contribution is -0.131. The first-order chi connectivity index (χ1) is 48.3. The summed E-state index contributed by atoms with van der Waals surface area (Å²) in [6, 6.07) is 8.02. The summed E-state index contributed by atoms with van der Waals surface area (Å²) < 4.78 is 109. The second-order valence-electron chi connectivity index (χ2n) is 26.9. The Bertz CT molecular complexity index is 3630. The second kappa shape index (κ2) is 39.1. The molecule has 2 saturated heterocycles. The minimum atomic E-state index is -4.63. The van der Waals surface area contributed by atoms with Gasteiger partial charge in [-0.15, -0.1) is 0 Å². The summed E-state index contributed by atoms with van der Waals surface area (Å²) in [5, 5.41) is 21.0. The number of fused-ring (bicyclic) bond motifs is 4. The van der Waals surface area contributed by atoms with Crippen LogP contribution in [0.15, 0.2) is 57.5 Å². The number of aryl methyl sites for hydroxylation is 2. The highest BCUT2D eigenvalue weighted by Gasteiger charge is 2.45. The first-order valence-corrected chi connectivity index (χ1v) is 39.6. The van der Waals surface area contributed by atoms with Gasteiger partial charge < -0.3 is 75.4 Å². The zero-order valence-electron chi connectivity index (χ0n) is 58.4. The maximum atomic E-state index is 13.3. The van der Waals surface area contributed by atoms with Crippen LogP contribution in [0.3, 0.4) is 0 Å². The summed E-state index contributed by atoms with van der Waals surface area (Å²) in [4.78, 5) is 78.4. The highest BCUT2D eigenvalue weighted by Crippen LogP contribution is 2.52. The predicted molar refractivity (Wildman–Crippen MR) is 388 cm³/mol. The van der Waals surface area contributed by atoms with Crippen molar-refractivity contribution < 1.29 is 87.5 Å². The summed E-state index contributed by atoms with van der Waals surface area (Å²) in [6.45, 7) is 12.9. The third-order valence-corrected chi connectivity index (χ3v) is 21.7. The lowest BCUT2D eigenvalue weighted by atomic mass is 9.77. The number of hydrogen-bond acceptors (Lipinski definition) is 20. The number of benzene rings is 2. The van der Waals surface area contributed by atoms with Crippen LogP contribution in [0.5, 0.6) is 0 Å². The van der Waals surface area contributed by atoms with Gasteiger partial charge in [-0.3, -0.25) is 33.1 Å². The number of hydrogen-bond donors (Lipinski definition) is 10. The van der Waals surface area contributed by atoms with Crippen molar-refractivity contribution in [1.29, 1.82) is 0 Å². The maximum Gasteiger partial charge on any atom is 0.366 e. The average Bonchev–Trinajstić information content (AvgIpc) is 1.73. The van der Waals surface area contributed by atoms with Gasteiger partial charge in [-0.1, -0.05) is 18.6 Å². The lowest BCUT2D eigenvalue weighted by Gasteiger charge is -2.36. The number of thiol groups is 1. The number of urea groups is 1. The molecule has 101 heavy (non-hydrogen) atoms. The molecule has 1 aromatic heterocycles. The largest absolute Gasteiger partial charge is 0.377 e. The number of nitrogens with one attached hydrogen (secondary N) is 7. The number of nitrogens with zero attached hydrogens (tertiary/aromatic N) is 2. The summed E-state index contributed by atoms with van der Waals surface area (Å²) in [6.07, 6.45) is 13.8. The molecule has 6 heterocycles. The third-order valence-electron chi connectivity index (χ3n) is 18.2. The van der Waals surface area contributed by atoms with Gasteiger partial charge >= 0.3 is 17.4 Å². The van der Waals surface area contributed by atoms with Crippen LogP contribution < -0.4 is 47.0 Å². The molecule has 0 saturated carbocycles. The number of rotatable bonds is 44. The van der Waals surface area contributed by atoms with Crippen LogP contribution in [0.1, 0.15) is 120 Å². The van der Waals surface area contributed by atoms with Gasteiger partial charge in [-0.25, -0.2) is 9.21 Å². The molecular formula is C69H102N9O19S4+. The zero-order valence-corrected chi connectivity index (χ0v) is 61.7. The van der Waals surface area contributed by atoms with E-state index in [0.29, 0.717) is 48.0 Å². The van der Waals surface area contributed by atoms with Crippen LogP contribution in [0, 0.1) is 0 Å². The van der Waals surface area contributed by atoms with Crippen molar-refractivity contribution >= 4 is 109 Å². The number of anilines is 2. The van der Waals surface area contributed by atoms with Gasteiger partial charge in [-0.05, 0) is 127 Å². The van der Waals surface area contributed by atoms with E-state index in [9.17, 15) is 54.7 Å². The maximum absolute atomic E-state index is 13.3. The number of unbranched alkanes of at least 4 members (excludes halogenated alkanes) is 1. The Kier molecular flexibility index (Phi) is 31.2. The average molecular weight is 1490 g/mol. The molecular weight excluding hydrogens is 1390 g/mol. The molecule has 7 amide bonds. The molecule has 0 spiro atoms. The molecule has 2 aromatic carbocycles. The highest BCUT2D eigenvalue weighted by molar-refractivity contribution is 8.00. The van der Waals surface area contributed by atoms with Crippen LogP contribution in [0.4, 0.5) is 16.2 Å². The minimum absolute atomic E-state index is 0.0456. The highest BCUT2D eigenvalue weighted by atomic mass is 32.2. The molecule has 3 aromatic rings. The van der Waals surface area contributed by atoms with Crippen molar-refractivity contribution in [3.8, 4) is 0 Å². The van der Waals surface area contributed by atoms with E-state index in [1.807, 2.05) is 41.8 Å². The zero-order chi connectivity index (χ0) is 72.6. The van der Waals surface area contributed by atoms with Crippen molar-refractivity contribution in [3.63, 3.8) is 0 Å². The molecule has 2 fully saturated rings. The summed E-state index contributed by atoms with van der Waals surface area (Å²) in [7, 11) is -8.95. The van der Waals surface area contributed by atoms with Gasteiger partial charge in [0, 0.05) is 104 Å². The van der Waals surface area contributed by atoms with Crippen molar-refractivity contribution in [3.05, 3.63) is 76.2 Å². The standard InChI is InChI=1S/C69H101N9O19S4/c1-68(2,3)58-41-47(51-40-48-13-9-26-77-27-10-14-50(64(48)77)65(51)97-58)12-7-16-57-69(4,52-42-49(101(88,89)90)19-20-55(52)78(57)28-11-39-100(85,86)87)21-8-18-60(80)71-23-29-91-33-34-92-31-24-72-61(81)43-95-37-35-94-32-25-73-66(83)53(45-98)74-62(82)44-96-38-36-93-30-22-70-59(79)17-6-5-15-56-63-54(46-99-56)75-67(84)76-63/h7,12,16,19-20,40-42,53-54,56,63H,5-6,8-11,13-15,17-18,21-39,43-46H2,1-4H3,(H9-,70,71,72,73,74,75,76,79,80,81,82,83,84,85,86,87,88,89,90,98)/p+1/b12-7+,57-16-/t53-,54?,56-,63?,69?/m0/s1. The van der Waals surface area contributed by atoms with Gasteiger partial charge in [0.15, 0.2) is 0 Å². The molecule has 28 nitrogen and oxygen atoms in total. The van der Waals surface area contributed by atoms with Crippen molar-refractivity contribution in [1.82, 2.24) is 37.2 Å². The predicted octanol–water partition coefficient (Wildman–Crippen LogP) is 4.78. The Morgan fingerprint density at radius 2 is 1.38 bits per heavy atom. The van der Waals surface area contributed by atoms with E-state index in [4.69, 9.17) is 32.8 Å². The summed E-state index contributed by atoms with van der Waals surface area (Å²) >= 11 is 6.04. The monoisotopic (exact) mass is 1490 g/mol. The number of amides is 7. The fraction of sp³-hybridized carbons (Fsp3) is 0.638. The van der Waals surface area contributed by atoms with Gasteiger partial charge in [0.1, 0.15) is 19.3 Å². The van der Waals surface area contributed by atoms with E-state index in [1.165, 1.54) is 28.9 Å². The van der Waals surface area contributed by atoms with E-state index in [0.717, 1.165) is 86.1 Å². The molecule has 0 radical (unpaired) electrons. The molecule has 5 aliphatic rings. The minimum Gasteiger partial charge on any atom is -0.377 e. The molecule has 32 heteroatoms. The molecule has 9 N–H and O–H groups in total. The van der Waals surface area contributed by atoms with Crippen LogP contribution in [-0.4, -0.2) is 227 Å². The first-order valence-electron chi connectivity index (χ1n) is 34.9. The Morgan fingerprint density at radius 1 is 0.762 bits per heavy atom. The van der Waals surface area contributed by atoms with Crippen LogP contribution in [0.25, 0.3) is 17.0 Å². The van der Waals surface area contributed by atoms with E-state index >= 15 is 0 Å². The lowest BCUT2D eigenvalue weighted by Crippen LogP contribution is -2.49. The van der Waals surface area contributed by atoms with Gasteiger partial charge in [0.2, 0.25) is 29.5 Å². The van der Waals surface area contributed by atoms with Crippen LogP contribution >= 0.6 is 24.4 Å². The quantitative estimate of drug-likeness (QED) is 0.0120. The SMILES string of the molecule is CC(C)(C)c1cc(/C=C/C=C2\N(CCCS(=O)(=O)O)c3ccc(S(=O)(=O)O)cc3C2(C)CCCC(=O)NCCOCCOCCNC(=O)COCCOCCNC(=O)[C@H](CS)NC(=O)COCCOCCNC(=O)CCCC[C@@H]2SCC3NC(=O)NC32)c2cc3c4c(c2[o+]1)CCCN4CCC3. The van der Waals surface area contributed by atoms with Crippen LogP contribution in [-0.2, 0) is 96.3 Å². The molecule has 0 aliphatic carbocycles. The number of carbonyl (C=O) groups is 6. The summed E-state index contributed by atoms with van der Waals surface area (Å²) in [5.41, 5.74) is 6.31. The molecule has 8 rings (SSSR count). The normalized spacial score (nSPS) is 19.4. The fourth-order valence-electron chi connectivity index (χ4n) is 13.2. The molecule has 5 aliphatic heterocycles. The van der Waals surface area contributed by atoms with E-state index in [-0.39, 0.29) is 170 Å². The number of thioether (sulfide) groups is 1. The number of carbonyl (C=O) groups excluding carboxylic acids is 6. The van der Waals surface area contributed by atoms with Crippen molar-refractivity contribution in [2.75, 3.05) is 152 Å². The second-order valence-corrected chi connectivity index (χ2v) is 31.5. The fourth-order valence-corrected chi connectivity index (χ4v) is 16.0. The van der Waals surface area contributed by atoms with E-state index in [2.05, 4.69) is 87.7 Å². The van der Waals surface area contributed by atoms with Crippen LogP contribution in [0.2, 0.25) is 0 Å². The van der Waals surface area contributed by atoms with Gasteiger partial charge in [0.05, 0.1) is 111 Å². The Balaban J connectivity index is 0.663. The van der Waals surface area contributed by atoms with E-state index < -0.39 is 49.3 Å². The number of allylic oxidation sites excluding steroid dienone is 3. The number of ether oxygens (including phenoxy) is 6. The smallest absolute Gasteiger partial charge is 0.366 e. The Hall–Kier alpha value is -6.17. The Morgan fingerprint density at radius 3 is 2.01 bits per heavy atom.